The molecule has 0 amide bonds. The number of hydrogen-bond donors (Lipinski definition) is 2. The van der Waals surface area contributed by atoms with Gasteiger partial charge >= 0.3 is 0 Å². The van der Waals surface area contributed by atoms with Crippen LogP contribution >= 0.6 is 24.0 Å². The van der Waals surface area contributed by atoms with E-state index in [2.05, 4.69) is 69.7 Å². The molecule has 2 aliphatic rings. The van der Waals surface area contributed by atoms with Crippen molar-refractivity contribution >= 4 is 29.9 Å². The van der Waals surface area contributed by atoms with Crippen LogP contribution in [0, 0.1) is 0 Å². The third-order valence-corrected chi connectivity index (χ3v) is 5.78. The molecule has 1 atom stereocenters. The first-order valence-electron chi connectivity index (χ1n) is 10.1. The van der Waals surface area contributed by atoms with Crippen molar-refractivity contribution in [1.29, 1.82) is 0 Å². The molecular formula is C21H36IN5. The van der Waals surface area contributed by atoms with Gasteiger partial charge in [-0.2, -0.15) is 0 Å². The maximum atomic E-state index is 4.42. The second-order valence-electron chi connectivity index (χ2n) is 7.88. The van der Waals surface area contributed by atoms with Crippen molar-refractivity contribution in [3.8, 4) is 0 Å². The van der Waals surface area contributed by atoms with E-state index < -0.39 is 0 Å². The molecule has 2 fully saturated rings. The first kappa shape index (κ1) is 22.4. The summed E-state index contributed by atoms with van der Waals surface area (Å²) in [7, 11) is 4.11. The van der Waals surface area contributed by atoms with Gasteiger partial charge in [-0.05, 0) is 45.2 Å². The Morgan fingerprint density at radius 3 is 2.44 bits per heavy atom. The molecule has 6 heteroatoms. The van der Waals surface area contributed by atoms with Crippen molar-refractivity contribution in [1.82, 2.24) is 20.4 Å². The lowest BCUT2D eigenvalue weighted by Gasteiger charge is -2.33. The lowest BCUT2D eigenvalue weighted by Crippen LogP contribution is -2.50. The highest BCUT2D eigenvalue weighted by atomic mass is 127. The molecule has 1 saturated heterocycles. The van der Waals surface area contributed by atoms with Crippen molar-refractivity contribution in [3.05, 3.63) is 35.9 Å². The van der Waals surface area contributed by atoms with Crippen molar-refractivity contribution in [2.45, 2.75) is 57.3 Å². The van der Waals surface area contributed by atoms with Gasteiger partial charge in [-0.25, -0.2) is 0 Å². The number of piperidine rings is 1. The number of likely N-dealkylation sites (tertiary alicyclic amines) is 1. The molecule has 1 aliphatic carbocycles. The SMILES string of the molecule is CN=C(NCC(C)N(C)C1CC1)NC1CCN(Cc2ccccc2)CC1.I. The number of halogens is 1. The lowest BCUT2D eigenvalue weighted by atomic mass is 10.0. The molecule has 2 N–H and O–H groups in total. The highest BCUT2D eigenvalue weighted by molar-refractivity contribution is 14.0. The van der Waals surface area contributed by atoms with E-state index in [1.807, 2.05) is 7.05 Å². The lowest BCUT2D eigenvalue weighted by molar-refractivity contribution is 0.198. The Hall–Kier alpha value is -0.860. The summed E-state index contributed by atoms with van der Waals surface area (Å²) >= 11 is 0. The van der Waals surface area contributed by atoms with Crippen LogP contribution in [-0.4, -0.2) is 67.6 Å². The monoisotopic (exact) mass is 485 g/mol. The molecule has 1 heterocycles. The van der Waals surface area contributed by atoms with Crippen LogP contribution in [0.25, 0.3) is 0 Å². The molecule has 0 aromatic heterocycles. The summed E-state index contributed by atoms with van der Waals surface area (Å²) in [5.74, 6) is 0.947. The van der Waals surface area contributed by atoms with E-state index >= 15 is 0 Å². The number of hydrogen-bond acceptors (Lipinski definition) is 3. The average Bonchev–Trinajstić information content (AvgIpc) is 3.51. The molecule has 1 unspecified atom stereocenters. The fraction of sp³-hybridized carbons (Fsp3) is 0.667. The summed E-state index contributed by atoms with van der Waals surface area (Å²) in [5, 5.41) is 7.14. The molecule has 1 aromatic rings. The standard InChI is InChI=1S/C21H35N5.HI/c1-17(25(3)20-9-10-20)15-23-21(22-2)24-19-11-13-26(14-12-19)16-18-7-5-4-6-8-18;/h4-8,17,19-20H,9-16H2,1-3H3,(H2,22,23,24);1H. The van der Waals surface area contributed by atoms with Crippen LogP contribution in [0.15, 0.2) is 35.3 Å². The van der Waals surface area contributed by atoms with E-state index in [1.54, 1.807) is 0 Å². The zero-order chi connectivity index (χ0) is 18.4. The van der Waals surface area contributed by atoms with Crippen molar-refractivity contribution in [3.63, 3.8) is 0 Å². The van der Waals surface area contributed by atoms with Gasteiger partial charge in [0.2, 0.25) is 0 Å². The molecule has 152 valence electrons. The number of aliphatic imine (C=N–C) groups is 1. The van der Waals surface area contributed by atoms with Crippen molar-refractivity contribution < 1.29 is 0 Å². The van der Waals surface area contributed by atoms with Crippen LogP contribution < -0.4 is 10.6 Å². The zero-order valence-electron chi connectivity index (χ0n) is 17.0. The maximum absolute atomic E-state index is 4.42. The predicted octanol–water partition coefficient (Wildman–Crippen LogP) is 2.92. The largest absolute Gasteiger partial charge is 0.355 e. The molecule has 27 heavy (non-hydrogen) atoms. The maximum Gasteiger partial charge on any atom is 0.191 e. The first-order chi connectivity index (χ1) is 12.7. The van der Waals surface area contributed by atoms with E-state index in [0.29, 0.717) is 12.1 Å². The second kappa shape index (κ2) is 11.2. The summed E-state index contributed by atoms with van der Waals surface area (Å²) in [4.78, 5) is 9.46. The molecular weight excluding hydrogens is 449 g/mol. The van der Waals surface area contributed by atoms with Gasteiger partial charge in [0.1, 0.15) is 0 Å². The second-order valence-corrected chi connectivity index (χ2v) is 7.88. The van der Waals surface area contributed by atoms with Crippen LogP contribution in [0.1, 0.15) is 38.2 Å². The van der Waals surface area contributed by atoms with Crippen molar-refractivity contribution in [2.24, 2.45) is 4.99 Å². The van der Waals surface area contributed by atoms with Crippen LogP contribution in [0.3, 0.4) is 0 Å². The summed E-state index contributed by atoms with van der Waals surface area (Å²) in [5.41, 5.74) is 1.41. The Labute approximate surface area is 182 Å². The molecule has 1 aromatic carbocycles. The fourth-order valence-corrected chi connectivity index (χ4v) is 3.70. The Morgan fingerprint density at radius 2 is 1.85 bits per heavy atom. The number of rotatable bonds is 7. The Bertz CT molecular complexity index is 567. The summed E-state index contributed by atoms with van der Waals surface area (Å²) < 4.78 is 0. The van der Waals surface area contributed by atoms with Crippen LogP contribution in [0.2, 0.25) is 0 Å². The van der Waals surface area contributed by atoms with E-state index in [4.69, 9.17) is 0 Å². The van der Waals surface area contributed by atoms with Gasteiger partial charge in [-0.1, -0.05) is 30.3 Å². The zero-order valence-corrected chi connectivity index (χ0v) is 19.4. The number of likely N-dealkylation sites (N-methyl/N-ethyl adjacent to an activating group) is 1. The summed E-state index contributed by atoms with van der Waals surface area (Å²) in [6.45, 7) is 6.58. The van der Waals surface area contributed by atoms with Crippen LogP contribution in [0.5, 0.6) is 0 Å². The number of nitrogens with zero attached hydrogens (tertiary/aromatic N) is 3. The van der Waals surface area contributed by atoms with Gasteiger partial charge in [-0.15, -0.1) is 24.0 Å². The molecule has 1 aliphatic heterocycles. The summed E-state index contributed by atoms with van der Waals surface area (Å²) in [6.07, 6.45) is 5.06. The van der Waals surface area contributed by atoms with Gasteiger partial charge in [0.05, 0.1) is 0 Å². The number of guanidine groups is 1. The third-order valence-electron chi connectivity index (χ3n) is 5.78. The molecule has 0 radical (unpaired) electrons. The quantitative estimate of drug-likeness (QED) is 0.354. The highest BCUT2D eigenvalue weighted by Gasteiger charge is 2.29. The molecule has 0 bridgehead atoms. The Balaban J connectivity index is 0.00000261. The van der Waals surface area contributed by atoms with E-state index in [0.717, 1.165) is 38.2 Å². The fourth-order valence-electron chi connectivity index (χ4n) is 3.70. The van der Waals surface area contributed by atoms with Gasteiger partial charge in [0.15, 0.2) is 5.96 Å². The van der Waals surface area contributed by atoms with Crippen LogP contribution in [0.4, 0.5) is 0 Å². The predicted molar refractivity (Wildman–Crippen MR) is 125 cm³/mol. The van der Waals surface area contributed by atoms with E-state index in [-0.39, 0.29) is 24.0 Å². The van der Waals surface area contributed by atoms with E-state index in [9.17, 15) is 0 Å². The molecule has 5 nitrogen and oxygen atoms in total. The normalized spacial score (nSPS) is 20.2. The molecule has 1 saturated carbocycles. The van der Waals surface area contributed by atoms with Gasteiger partial charge in [-0.3, -0.25) is 14.8 Å². The highest BCUT2D eigenvalue weighted by Crippen LogP contribution is 2.26. The minimum atomic E-state index is 0. The molecule has 3 rings (SSSR count). The van der Waals surface area contributed by atoms with Crippen molar-refractivity contribution in [2.75, 3.05) is 33.7 Å². The molecule has 0 spiro atoms. The number of benzene rings is 1. The summed E-state index contributed by atoms with van der Waals surface area (Å²) in [6, 6.07) is 12.6. The van der Waals surface area contributed by atoms with Gasteiger partial charge < -0.3 is 10.6 Å². The minimum Gasteiger partial charge on any atom is -0.355 e. The van der Waals surface area contributed by atoms with Gasteiger partial charge in [0, 0.05) is 51.4 Å². The first-order valence-corrected chi connectivity index (χ1v) is 10.1. The average molecular weight is 485 g/mol. The Morgan fingerprint density at radius 1 is 1.19 bits per heavy atom. The Kier molecular flexibility index (Phi) is 9.32. The van der Waals surface area contributed by atoms with Crippen LogP contribution in [-0.2, 0) is 6.54 Å². The minimum absolute atomic E-state index is 0. The van der Waals surface area contributed by atoms with Gasteiger partial charge in [0.25, 0.3) is 0 Å². The topological polar surface area (TPSA) is 42.9 Å². The number of nitrogens with one attached hydrogen (secondary N) is 2. The third kappa shape index (κ3) is 7.23. The smallest absolute Gasteiger partial charge is 0.191 e. The van der Waals surface area contributed by atoms with E-state index in [1.165, 1.54) is 31.2 Å².